The molecule has 0 spiro atoms. The highest BCUT2D eigenvalue weighted by Crippen LogP contribution is 2.41. The van der Waals surface area contributed by atoms with Gasteiger partial charge in [0.15, 0.2) is 0 Å². The van der Waals surface area contributed by atoms with Gasteiger partial charge in [-0.15, -0.1) is 0 Å². The van der Waals surface area contributed by atoms with Crippen LogP contribution < -0.4 is 10.9 Å². The molecular weight excluding hydrogens is 410 g/mol. The van der Waals surface area contributed by atoms with E-state index in [0.29, 0.717) is 29.1 Å². The highest BCUT2D eigenvalue weighted by atomic mass is 35.5. The van der Waals surface area contributed by atoms with Crippen LogP contribution in [0.5, 0.6) is 0 Å². The van der Waals surface area contributed by atoms with Crippen LogP contribution in [0.4, 0.5) is 8.78 Å². The molecule has 0 saturated carbocycles. The number of aromatic nitrogens is 2. The van der Waals surface area contributed by atoms with E-state index in [2.05, 4.69) is 10.3 Å². The normalized spacial score (nSPS) is 20.7. The molecule has 2 atom stereocenters. The Morgan fingerprint density at radius 1 is 1.17 bits per heavy atom. The Kier molecular flexibility index (Phi) is 5.15. The van der Waals surface area contributed by atoms with Crippen LogP contribution in [0.2, 0.25) is 5.02 Å². The summed E-state index contributed by atoms with van der Waals surface area (Å²) in [6, 6.07) is 10.2. The minimum atomic E-state index is -1.02. The first kappa shape index (κ1) is 20.2. The van der Waals surface area contributed by atoms with Gasteiger partial charge in [0.05, 0.1) is 6.04 Å². The molecule has 4 rings (SSSR count). The number of aryl methyl sites for hydroxylation is 1. The Labute approximate surface area is 177 Å². The Morgan fingerprint density at radius 3 is 2.57 bits per heavy atom. The van der Waals surface area contributed by atoms with Crippen molar-refractivity contribution in [1.82, 2.24) is 14.9 Å². The van der Waals surface area contributed by atoms with Crippen LogP contribution in [-0.4, -0.2) is 21.4 Å². The molecule has 3 heterocycles. The summed E-state index contributed by atoms with van der Waals surface area (Å²) in [4.78, 5) is 20.7. The van der Waals surface area contributed by atoms with Crippen LogP contribution in [0.25, 0.3) is 0 Å². The van der Waals surface area contributed by atoms with E-state index in [9.17, 15) is 13.6 Å². The fourth-order valence-corrected chi connectivity index (χ4v) is 4.09. The van der Waals surface area contributed by atoms with Crippen LogP contribution in [0, 0.1) is 11.8 Å². The lowest BCUT2D eigenvalue weighted by atomic mass is 9.79. The summed E-state index contributed by atoms with van der Waals surface area (Å²) >= 11 is 6.14. The highest BCUT2D eigenvalue weighted by molar-refractivity contribution is 6.30. The Hall–Kier alpha value is -3.06. The number of rotatable bonds is 4. The molecule has 8 heteroatoms. The van der Waals surface area contributed by atoms with Crippen LogP contribution in [0.3, 0.4) is 0 Å². The SMILES string of the molecule is CCn1cc(C2=N[C@](c3ccc(F)cc3)(c3ccnc(F)c3)[C@H](C)N2)cc(Cl)c1=O. The molecule has 154 valence electrons. The molecule has 0 bridgehead atoms. The average Bonchev–Trinajstić information content (AvgIpc) is 3.08. The Balaban J connectivity index is 1.95. The van der Waals surface area contributed by atoms with Gasteiger partial charge in [0.1, 0.15) is 22.2 Å². The van der Waals surface area contributed by atoms with Crippen molar-refractivity contribution in [2.45, 2.75) is 32.0 Å². The third kappa shape index (κ3) is 3.29. The second kappa shape index (κ2) is 7.65. The predicted octanol–water partition coefficient (Wildman–Crippen LogP) is 3.88. The van der Waals surface area contributed by atoms with Gasteiger partial charge in [0.25, 0.3) is 5.56 Å². The predicted molar refractivity (Wildman–Crippen MR) is 112 cm³/mol. The van der Waals surface area contributed by atoms with Gasteiger partial charge in [-0.1, -0.05) is 23.7 Å². The van der Waals surface area contributed by atoms with Crippen LogP contribution in [-0.2, 0) is 12.1 Å². The molecule has 1 aliphatic heterocycles. The van der Waals surface area contributed by atoms with E-state index in [4.69, 9.17) is 16.6 Å². The molecule has 0 radical (unpaired) electrons. The first-order valence-electron chi connectivity index (χ1n) is 9.50. The molecule has 30 heavy (non-hydrogen) atoms. The van der Waals surface area contributed by atoms with E-state index in [1.165, 1.54) is 29.0 Å². The maximum atomic E-state index is 14.0. The van der Waals surface area contributed by atoms with E-state index < -0.39 is 11.5 Å². The molecule has 3 aromatic rings. The van der Waals surface area contributed by atoms with Crippen molar-refractivity contribution in [2.75, 3.05) is 0 Å². The maximum absolute atomic E-state index is 14.0. The minimum Gasteiger partial charge on any atom is -0.364 e. The third-order valence-electron chi connectivity index (χ3n) is 5.38. The van der Waals surface area contributed by atoms with Crippen molar-refractivity contribution in [2.24, 2.45) is 4.99 Å². The number of aliphatic imine (C=N–C) groups is 1. The number of hydrogen-bond donors (Lipinski definition) is 1. The molecule has 2 aromatic heterocycles. The molecule has 0 fully saturated rings. The molecule has 5 nitrogen and oxygen atoms in total. The number of pyridine rings is 2. The van der Waals surface area contributed by atoms with E-state index in [1.807, 2.05) is 13.8 Å². The molecule has 0 amide bonds. The molecule has 0 unspecified atom stereocenters. The van der Waals surface area contributed by atoms with Gasteiger partial charge in [-0.3, -0.25) is 4.79 Å². The summed E-state index contributed by atoms with van der Waals surface area (Å²) in [5.41, 5.74) is 0.597. The van der Waals surface area contributed by atoms with Crippen molar-refractivity contribution >= 4 is 17.4 Å². The monoisotopic (exact) mass is 428 g/mol. The summed E-state index contributed by atoms with van der Waals surface area (Å²) in [6.07, 6.45) is 3.06. The van der Waals surface area contributed by atoms with E-state index in [0.717, 1.165) is 0 Å². The van der Waals surface area contributed by atoms with Crippen LogP contribution >= 0.6 is 11.6 Å². The largest absolute Gasteiger partial charge is 0.364 e. The maximum Gasteiger partial charge on any atom is 0.269 e. The Morgan fingerprint density at radius 2 is 1.90 bits per heavy atom. The molecular formula is C22H19ClF2N4O. The number of hydrogen-bond acceptors (Lipinski definition) is 4. The second-order valence-electron chi connectivity index (χ2n) is 7.13. The third-order valence-corrected chi connectivity index (χ3v) is 5.65. The summed E-state index contributed by atoms with van der Waals surface area (Å²) in [5, 5.41) is 3.41. The van der Waals surface area contributed by atoms with Gasteiger partial charge in [-0.2, -0.15) is 4.39 Å². The van der Waals surface area contributed by atoms with Crippen molar-refractivity contribution in [3.05, 3.63) is 98.7 Å². The molecule has 1 aliphatic rings. The number of amidine groups is 1. The molecule has 0 aliphatic carbocycles. The van der Waals surface area contributed by atoms with E-state index in [-0.39, 0.29) is 22.4 Å². The first-order valence-corrected chi connectivity index (χ1v) is 9.87. The van der Waals surface area contributed by atoms with Crippen LogP contribution in [0.15, 0.2) is 64.6 Å². The minimum absolute atomic E-state index is 0.0840. The first-order chi connectivity index (χ1) is 14.3. The van der Waals surface area contributed by atoms with E-state index in [1.54, 1.807) is 30.5 Å². The highest BCUT2D eigenvalue weighted by Gasteiger charge is 2.45. The van der Waals surface area contributed by atoms with Crippen molar-refractivity contribution in [3.8, 4) is 0 Å². The summed E-state index contributed by atoms with van der Waals surface area (Å²) in [6.45, 7) is 4.21. The average molecular weight is 429 g/mol. The number of nitrogens with zero attached hydrogens (tertiary/aromatic N) is 3. The summed E-state index contributed by atoms with van der Waals surface area (Å²) in [7, 11) is 0. The van der Waals surface area contributed by atoms with Gasteiger partial charge >= 0.3 is 0 Å². The summed E-state index contributed by atoms with van der Waals surface area (Å²) < 4.78 is 29.1. The zero-order chi connectivity index (χ0) is 21.5. The lowest BCUT2D eigenvalue weighted by Crippen LogP contribution is -2.41. The van der Waals surface area contributed by atoms with Gasteiger partial charge in [0.2, 0.25) is 5.95 Å². The van der Waals surface area contributed by atoms with Crippen LogP contribution in [0.1, 0.15) is 30.5 Å². The zero-order valence-corrected chi connectivity index (χ0v) is 17.1. The topological polar surface area (TPSA) is 59.3 Å². The van der Waals surface area contributed by atoms with Gasteiger partial charge in [-0.25, -0.2) is 14.4 Å². The van der Waals surface area contributed by atoms with Gasteiger partial charge < -0.3 is 9.88 Å². The van der Waals surface area contributed by atoms with Gasteiger partial charge in [0, 0.05) is 24.5 Å². The fraction of sp³-hybridized carbons (Fsp3) is 0.227. The molecule has 0 saturated heterocycles. The number of halogens is 3. The van der Waals surface area contributed by atoms with Crippen molar-refractivity contribution in [1.29, 1.82) is 0 Å². The number of nitrogens with one attached hydrogen (secondary N) is 1. The van der Waals surface area contributed by atoms with E-state index >= 15 is 0 Å². The molecule has 1 aromatic carbocycles. The van der Waals surface area contributed by atoms with Gasteiger partial charge in [-0.05, 0) is 55.3 Å². The fourth-order valence-electron chi connectivity index (χ4n) is 3.87. The lowest BCUT2D eigenvalue weighted by molar-refractivity contribution is 0.448. The zero-order valence-electron chi connectivity index (χ0n) is 16.4. The molecule has 1 N–H and O–H groups in total. The summed E-state index contributed by atoms with van der Waals surface area (Å²) in [5.74, 6) is -0.500. The smallest absolute Gasteiger partial charge is 0.269 e. The van der Waals surface area contributed by atoms with Crippen molar-refractivity contribution < 1.29 is 8.78 Å². The number of benzene rings is 1. The Bertz CT molecular complexity index is 1190. The van der Waals surface area contributed by atoms with Crippen molar-refractivity contribution in [3.63, 3.8) is 0 Å². The standard InChI is InChI=1S/C22H19ClF2N4O/c1-3-29-12-14(10-18(23)21(29)30)20-27-13(2)22(28-20,15-4-6-17(24)7-5-15)16-8-9-26-19(25)11-16/h4-13H,3H2,1-2H3,(H,27,28)/t13-,22+/m0/s1. The second-order valence-corrected chi connectivity index (χ2v) is 7.54. The lowest BCUT2D eigenvalue weighted by Gasteiger charge is -2.31. The quantitative estimate of drug-likeness (QED) is 0.642.